The molecular formula is C16H21FN2O2. The van der Waals surface area contributed by atoms with Crippen molar-refractivity contribution in [1.29, 1.82) is 5.26 Å². The monoisotopic (exact) mass is 292 g/mol. The summed E-state index contributed by atoms with van der Waals surface area (Å²) >= 11 is 0. The maximum Gasteiger partial charge on any atom is 0.341 e. The van der Waals surface area contributed by atoms with Crippen molar-refractivity contribution >= 4 is 11.7 Å². The van der Waals surface area contributed by atoms with Crippen molar-refractivity contribution in [3.8, 4) is 6.07 Å². The Morgan fingerprint density at radius 2 is 2.10 bits per heavy atom. The molecule has 0 aliphatic carbocycles. The second kappa shape index (κ2) is 7.07. The maximum atomic E-state index is 13.8. The number of unbranched alkanes of at least 4 members (excludes halogenated alkanes) is 1. The van der Waals surface area contributed by atoms with Crippen LogP contribution in [-0.2, 0) is 4.74 Å². The molecule has 1 aromatic carbocycles. The zero-order chi connectivity index (χ0) is 16.0. The second-order valence-electron chi connectivity index (χ2n) is 5.79. The molecule has 1 aromatic rings. The maximum absolute atomic E-state index is 13.8. The third-order valence-electron chi connectivity index (χ3n) is 3.23. The molecule has 0 atom stereocenters. The number of nitrogen functional groups attached to an aromatic ring is 1. The Balaban J connectivity index is 2.47. The van der Waals surface area contributed by atoms with E-state index in [2.05, 4.69) is 6.07 Å². The molecule has 0 radical (unpaired) electrons. The van der Waals surface area contributed by atoms with Crippen LogP contribution in [0.1, 0.15) is 49.0 Å². The summed E-state index contributed by atoms with van der Waals surface area (Å²) in [6.45, 7) is 5.48. The molecule has 0 bridgehead atoms. The van der Waals surface area contributed by atoms with E-state index in [0.717, 1.165) is 12.8 Å². The van der Waals surface area contributed by atoms with Gasteiger partial charge in [-0.15, -0.1) is 0 Å². The van der Waals surface area contributed by atoms with Gasteiger partial charge in [0, 0.05) is 5.69 Å². The van der Waals surface area contributed by atoms with Crippen LogP contribution >= 0.6 is 0 Å². The number of hydrogen-bond donors (Lipinski definition) is 1. The first-order chi connectivity index (χ1) is 9.76. The average molecular weight is 292 g/mol. The Hall–Kier alpha value is -2.09. The number of carbonyl (C=O) groups is 1. The number of ether oxygens (including phenoxy) is 1. The molecule has 114 valence electrons. The van der Waals surface area contributed by atoms with Crippen LogP contribution in [0.2, 0.25) is 0 Å². The van der Waals surface area contributed by atoms with E-state index in [9.17, 15) is 9.18 Å². The molecule has 0 spiro atoms. The highest BCUT2D eigenvalue weighted by Crippen LogP contribution is 2.22. The van der Waals surface area contributed by atoms with Gasteiger partial charge in [-0.3, -0.25) is 0 Å². The van der Waals surface area contributed by atoms with Crippen LogP contribution in [0, 0.1) is 29.5 Å². The summed E-state index contributed by atoms with van der Waals surface area (Å²) in [5.41, 5.74) is 5.74. The van der Waals surface area contributed by atoms with Crippen molar-refractivity contribution in [3.63, 3.8) is 0 Å². The summed E-state index contributed by atoms with van der Waals surface area (Å²) in [5.74, 6) is -1.30. The number of aryl methyl sites for hydroxylation is 1. The van der Waals surface area contributed by atoms with Crippen molar-refractivity contribution in [2.24, 2.45) is 5.41 Å². The fourth-order valence-corrected chi connectivity index (χ4v) is 1.91. The Labute approximate surface area is 124 Å². The van der Waals surface area contributed by atoms with Crippen LogP contribution < -0.4 is 5.73 Å². The third-order valence-corrected chi connectivity index (χ3v) is 3.23. The summed E-state index contributed by atoms with van der Waals surface area (Å²) in [7, 11) is 0. The molecule has 4 nitrogen and oxygen atoms in total. The molecule has 0 aliphatic heterocycles. The minimum atomic E-state index is -0.706. The summed E-state index contributed by atoms with van der Waals surface area (Å²) in [6.07, 6.45) is 2.14. The number of hydrogen-bond acceptors (Lipinski definition) is 4. The Bertz CT molecular complexity index is 562. The molecule has 21 heavy (non-hydrogen) atoms. The van der Waals surface area contributed by atoms with Gasteiger partial charge < -0.3 is 10.5 Å². The smallest absolute Gasteiger partial charge is 0.341 e. The molecule has 5 heteroatoms. The first kappa shape index (κ1) is 17.0. The largest absolute Gasteiger partial charge is 0.462 e. The standard InChI is InChI=1S/C16H21FN2O2/c1-11-8-12(19)9-13(14(11)17)15(20)21-7-5-4-6-16(2,3)10-18/h8-9H,4-7,19H2,1-3H3. The zero-order valence-corrected chi connectivity index (χ0v) is 12.7. The predicted molar refractivity (Wildman–Crippen MR) is 79.1 cm³/mol. The summed E-state index contributed by atoms with van der Waals surface area (Å²) < 4.78 is 18.9. The van der Waals surface area contributed by atoms with Gasteiger partial charge >= 0.3 is 5.97 Å². The van der Waals surface area contributed by atoms with E-state index in [-0.39, 0.29) is 17.6 Å². The highest BCUT2D eigenvalue weighted by Gasteiger charge is 2.17. The van der Waals surface area contributed by atoms with E-state index in [1.54, 1.807) is 6.92 Å². The van der Waals surface area contributed by atoms with E-state index in [1.165, 1.54) is 12.1 Å². The van der Waals surface area contributed by atoms with E-state index in [4.69, 9.17) is 15.7 Å². The number of nitriles is 1. The molecule has 0 saturated carbocycles. The summed E-state index contributed by atoms with van der Waals surface area (Å²) in [5, 5.41) is 8.88. The molecule has 0 unspecified atom stereocenters. The summed E-state index contributed by atoms with van der Waals surface area (Å²) in [4.78, 5) is 11.8. The normalized spacial score (nSPS) is 11.0. The molecule has 0 aromatic heterocycles. The van der Waals surface area contributed by atoms with Crippen LogP contribution in [0.5, 0.6) is 0 Å². The van der Waals surface area contributed by atoms with Crippen LogP contribution in [0.4, 0.5) is 10.1 Å². The Morgan fingerprint density at radius 3 is 2.71 bits per heavy atom. The van der Waals surface area contributed by atoms with Gasteiger partial charge in [0.15, 0.2) is 0 Å². The molecule has 0 heterocycles. The van der Waals surface area contributed by atoms with Crippen LogP contribution in [0.25, 0.3) is 0 Å². The van der Waals surface area contributed by atoms with Crippen molar-refractivity contribution in [2.45, 2.75) is 40.0 Å². The number of esters is 1. The van der Waals surface area contributed by atoms with Gasteiger partial charge in [-0.1, -0.05) is 0 Å². The number of carbonyl (C=O) groups excluding carboxylic acids is 1. The highest BCUT2D eigenvalue weighted by molar-refractivity contribution is 5.91. The fraction of sp³-hybridized carbons (Fsp3) is 0.500. The van der Waals surface area contributed by atoms with E-state index in [0.29, 0.717) is 17.7 Å². The Kier molecular flexibility index (Phi) is 5.71. The lowest BCUT2D eigenvalue weighted by atomic mass is 9.89. The van der Waals surface area contributed by atoms with Crippen molar-refractivity contribution in [3.05, 3.63) is 29.1 Å². The molecule has 2 N–H and O–H groups in total. The molecule has 0 saturated heterocycles. The zero-order valence-electron chi connectivity index (χ0n) is 12.7. The van der Waals surface area contributed by atoms with Crippen molar-refractivity contribution in [2.75, 3.05) is 12.3 Å². The third kappa shape index (κ3) is 5.07. The van der Waals surface area contributed by atoms with Crippen LogP contribution in [-0.4, -0.2) is 12.6 Å². The first-order valence-corrected chi connectivity index (χ1v) is 6.91. The van der Waals surface area contributed by atoms with Gasteiger partial charge in [0.1, 0.15) is 5.82 Å². The van der Waals surface area contributed by atoms with Crippen LogP contribution in [0.15, 0.2) is 12.1 Å². The minimum Gasteiger partial charge on any atom is -0.462 e. The Morgan fingerprint density at radius 1 is 1.43 bits per heavy atom. The minimum absolute atomic E-state index is 0.134. The van der Waals surface area contributed by atoms with Crippen LogP contribution in [0.3, 0.4) is 0 Å². The first-order valence-electron chi connectivity index (χ1n) is 6.91. The number of rotatable bonds is 6. The van der Waals surface area contributed by atoms with Gasteiger partial charge in [-0.25, -0.2) is 9.18 Å². The fourth-order valence-electron chi connectivity index (χ4n) is 1.91. The lowest BCUT2D eigenvalue weighted by Gasteiger charge is -2.14. The highest BCUT2D eigenvalue weighted by atomic mass is 19.1. The van der Waals surface area contributed by atoms with E-state index in [1.807, 2.05) is 13.8 Å². The topological polar surface area (TPSA) is 76.1 Å². The van der Waals surface area contributed by atoms with Crippen molar-refractivity contribution < 1.29 is 13.9 Å². The van der Waals surface area contributed by atoms with Gasteiger partial charge in [-0.05, 0) is 57.7 Å². The molecular weight excluding hydrogens is 271 g/mol. The number of halogens is 1. The quantitative estimate of drug-likeness (QED) is 0.494. The molecule has 0 amide bonds. The average Bonchev–Trinajstić information content (AvgIpc) is 2.42. The van der Waals surface area contributed by atoms with E-state index >= 15 is 0 Å². The van der Waals surface area contributed by atoms with Gasteiger partial charge in [0.2, 0.25) is 0 Å². The van der Waals surface area contributed by atoms with E-state index < -0.39 is 11.8 Å². The predicted octanol–water partition coefficient (Wildman–Crippen LogP) is 3.59. The molecule has 1 rings (SSSR count). The lowest BCUT2D eigenvalue weighted by Crippen LogP contribution is -2.11. The van der Waals surface area contributed by atoms with Crippen molar-refractivity contribution in [1.82, 2.24) is 0 Å². The summed E-state index contributed by atoms with van der Waals surface area (Å²) in [6, 6.07) is 4.97. The number of nitrogens with zero attached hydrogens (tertiary/aromatic N) is 1. The molecule has 0 aliphatic rings. The molecule has 0 fully saturated rings. The number of anilines is 1. The van der Waals surface area contributed by atoms with Gasteiger partial charge in [0.05, 0.1) is 23.7 Å². The second-order valence-corrected chi connectivity index (χ2v) is 5.79. The number of nitrogens with two attached hydrogens (primary N) is 1. The van der Waals surface area contributed by atoms with Gasteiger partial charge in [-0.2, -0.15) is 5.26 Å². The SMILES string of the molecule is Cc1cc(N)cc(C(=O)OCCCCC(C)(C)C#N)c1F. The number of benzene rings is 1. The van der Waals surface area contributed by atoms with Gasteiger partial charge in [0.25, 0.3) is 0 Å². The lowest BCUT2D eigenvalue weighted by molar-refractivity contribution is 0.0490.